The van der Waals surface area contributed by atoms with Crippen molar-refractivity contribution in [3.63, 3.8) is 0 Å². The van der Waals surface area contributed by atoms with Gasteiger partial charge in [-0.25, -0.2) is 0 Å². The third kappa shape index (κ3) is 2.25. The first-order valence-electron chi connectivity index (χ1n) is 6.53. The fourth-order valence-electron chi connectivity index (χ4n) is 2.85. The second kappa shape index (κ2) is 4.02. The van der Waals surface area contributed by atoms with Crippen LogP contribution in [0.5, 0.6) is 0 Å². The summed E-state index contributed by atoms with van der Waals surface area (Å²) in [5, 5.41) is 0.0983. The van der Waals surface area contributed by atoms with E-state index >= 15 is 0 Å². The van der Waals surface area contributed by atoms with Crippen LogP contribution in [0, 0.1) is 0 Å². The zero-order chi connectivity index (χ0) is 12.8. The van der Waals surface area contributed by atoms with Gasteiger partial charge in [0.15, 0.2) is 0 Å². The van der Waals surface area contributed by atoms with Gasteiger partial charge < -0.3 is 0 Å². The van der Waals surface area contributed by atoms with Crippen molar-refractivity contribution in [2.24, 2.45) is 0 Å². The zero-order valence-electron chi connectivity index (χ0n) is 11.6. The maximum Gasteiger partial charge on any atom is 0.0557 e. The third-order valence-corrected chi connectivity index (χ3v) is 4.59. The number of benzene rings is 1. The van der Waals surface area contributed by atoms with Crippen LogP contribution in [-0.4, -0.2) is 0 Å². The van der Waals surface area contributed by atoms with Gasteiger partial charge in [0.1, 0.15) is 0 Å². The van der Waals surface area contributed by atoms with Crippen LogP contribution in [0.2, 0.25) is 0 Å². The highest BCUT2D eigenvalue weighted by Gasteiger charge is 2.36. The van der Waals surface area contributed by atoms with Gasteiger partial charge in [0.05, 0.1) is 5.38 Å². The van der Waals surface area contributed by atoms with Crippen LogP contribution < -0.4 is 0 Å². The molecule has 0 amide bonds. The number of hydrogen-bond acceptors (Lipinski definition) is 0. The molecule has 0 saturated carbocycles. The van der Waals surface area contributed by atoms with Gasteiger partial charge in [-0.2, -0.15) is 0 Å². The van der Waals surface area contributed by atoms with Crippen molar-refractivity contribution in [1.82, 2.24) is 0 Å². The van der Waals surface area contributed by atoms with Crippen molar-refractivity contribution in [1.29, 1.82) is 0 Å². The molecule has 0 nitrogen and oxygen atoms in total. The van der Waals surface area contributed by atoms with Gasteiger partial charge in [-0.3, -0.25) is 0 Å². The van der Waals surface area contributed by atoms with Gasteiger partial charge in [0.2, 0.25) is 0 Å². The molecule has 0 bridgehead atoms. The van der Waals surface area contributed by atoms with E-state index in [1.165, 1.54) is 29.5 Å². The van der Waals surface area contributed by atoms with E-state index in [4.69, 9.17) is 11.6 Å². The van der Waals surface area contributed by atoms with Crippen molar-refractivity contribution in [2.45, 2.75) is 63.7 Å². The predicted molar refractivity (Wildman–Crippen MR) is 76.0 cm³/mol. The minimum Gasteiger partial charge on any atom is -0.118 e. The van der Waals surface area contributed by atoms with Crippen molar-refractivity contribution < 1.29 is 0 Å². The molecule has 0 fully saturated rings. The SMILES string of the molecule is C[C@@H](Cl)c1ccc2c(c1)C(C)(C)CCC2(C)C. The lowest BCUT2D eigenvalue weighted by Crippen LogP contribution is -2.33. The second-order valence-electron chi connectivity index (χ2n) is 6.69. The third-order valence-electron chi connectivity index (χ3n) is 4.34. The average molecular weight is 251 g/mol. The number of halogens is 1. The highest BCUT2D eigenvalue weighted by Crippen LogP contribution is 2.46. The molecule has 2 rings (SSSR count). The summed E-state index contributed by atoms with van der Waals surface area (Å²) in [5.74, 6) is 0. The normalized spacial score (nSPS) is 22.9. The predicted octanol–water partition coefficient (Wildman–Crippen LogP) is 5.34. The molecule has 0 saturated heterocycles. The van der Waals surface area contributed by atoms with Crippen molar-refractivity contribution in [2.75, 3.05) is 0 Å². The lowest BCUT2D eigenvalue weighted by atomic mass is 9.63. The van der Waals surface area contributed by atoms with Crippen molar-refractivity contribution >= 4 is 11.6 Å². The molecule has 94 valence electrons. The highest BCUT2D eigenvalue weighted by atomic mass is 35.5. The Bertz CT molecular complexity index is 427. The van der Waals surface area contributed by atoms with Gasteiger partial charge in [0.25, 0.3) is 0 Å². The summed E-state index contributed by atoms with van der Waals surface area (Å²) < 4.78 is 0. The van der Waals surface area contributed by atoms with Crippen LogP contribution in [0.1, 0.15) is 69.5 Å². The first kappa shape index (κ1) is 13.0. The van der Waals surface area contributed by atoms with Crippen LogP contribution in [0.15, 0.2) is 18.2 Å². The van der Waals surface area contributed by atoms with Crippen molar-refractivity contribution in [3.8, 4) is 0 Å². The molecule has 0 unspecified atom stereocenters. The molecule has 0 aromatic heterocycles. The fourth-order valence-corrected chi connectivity index (χ4v) is 2.99. The Balaban J connectivity index is 2.60. The molecule has 0 spiro atoms. The molecule has 0 radical (unpaired) electrons. The Kier molecular flexibility index (Phi) is 3.06. The Morgan fingerprint density at radius 2 is 1.53 bits per heavy atom. The van der Waals surface area contributed by atoms with Crippen LogP contribution in [0.3, 0.4) is 0 Å². The standard InChI is InChI=1S/C16H23Cl/c1-11(17)12-6-7-13-14(10-12)16(4,5)9-8-15(13,2)3/h6-7,10-11H,8-9H2,1-5H3/t11-/m1/s1. The zero-order valence-corrected chi connectivity index (χ0v) is 12.4. The molecular formula is C16H23Cl. The van der Waals surface area contributed by atoms with E-state index in [9.17, 15) is 0 Å². The Morgan fingerprint density at radius 3 is 2.06 bits per heavy atom. The lowest BCUT2D eigenvalue weighted by Gasteiger charge is -2.42. The Morgan fingerprint density at radius 1 is 1.00 bits per heavy atom. The monoisotopic (exact) mass is 250 g/mol. The van der Waals surface area contributed by atoms with E-state index in [0.29, 0.717) is 5.41 Å². The Labute approximate surface area is 110 Å². The maximum absolute atomic E-state index is 6.21. The summed E-state index contributed by atoms with van der Waals surface area (Å²) in [5.41, 5.74) is 4.84. The number of rotatable bonds is 1. The van der Waals surface area contributed by atoms with Gasteiger partial charge in [-0.1, -0.05) is 45.9 Å². The molecule has 1 heteroatoms. The van der Waals surface area contributed by atoms with Crippen LogP contribution >= 0.6 is 11.6 Å². The summed E-state index contributed by atoms with van der Waals surface area (Å²) in [7, 11) is 0. The summed E-state index contributed by atoms with van der Waals surface area (Å²) in [4.78, 5) is 0. The summed E-state index contributed by atoms with van der Waals surface area (Å²) >= 11 is 6.21. The molecule has 1 aliphatic carbocycles. The van der Waals surface area contributed by atoms with E-state index in [1.54, 1.807) is 0 Å². The molecule has 17 heavy (non-hydrogen) atoms. The minimum absolute atomic E-state index is 0.0983. The molecule has 1 aliphatic rings. The van der Waals surface area contributed by atoms with Crippen molar-refractivity contribution in [3.05, 3.63) is 34.9 Å². The number of alkyl halides is 1. The van der Waals surface area contributed by atoms with E-state index in [0.717, 1.165) is 0 Å². The topological polar surface area (TPSA) is 0 Å². The largest absolute Gasteiger partial charge is 0.118 e. The second-order valence-corrected chi connectivity index (χ2v) is 7.34. The van der Waals surface area contributed by atoms with Crippen LogP contribution in [0.25, 0.3) is 0 Å². The maximum atomic E-state index is 6.21. The summed E-state index contributed by atoms with van der Waals surface area (Å²) in [6, 6.07) is 6.82. The average Bonchev–Trinajstić information content (AvgIpc) is 2.24. The molecule has 1 aromatic rings. The minimum atomic E-state index is 0.0983. The quantitative estimate of drug-likeness (QED) is 0.591. The van der Waals surface area contributed by atoms with Gasteiger partial charge >= 0.3 is 0 Å². The van der Waals surface area contributed by atoms with E-state index in [-0.39, 0.29) is 10.8 Å². The lowest BCUT2D eigenvalue weighted by molar-refractivity contribution is 0.331. The van der Waals surface area contributed by atoms with Gasteiger partial charge in [-0.05, 0) is 47.3 Å². The molecular weight excluding hydrogens is 228 g/mol. The number of hydrogen-bond donors (Lipinski definition) is 0. The number of fused-ring (bicyclic) bond motifs is 1. The Hall–Kier alpha value is -0.490. The van der Waals surface area contributed by atoms with E-state index in [2.05, 4.69) is 45.9 Å². The highest BCUT2D eigenvalue weighted by molar-refractivity contribution is 6.20. The van der Waals surface area contributed by atoms with E-state index < -0.39 is 0 Å². The first-order valence-corrected chi connectivity index (χ1v) is 6.97. The van der Waals surface area contributed by atoms with Crippen LogP contribution in [0.4, 0.5) is 0 Å². The van der Waals surface area contributed by atoms with Gasteiger partial charge in [-0.15, -0.1) is 11.6 Å². The van der Waals surface area contributed by atoms with Crippen LogP contribution in [-0.2, 0) is 10.8 Å². The molecule has 1 aromatic carbocycles. The van der Waals surface area contributed by atoms with E-state index in [1.807, 2.05) is 6.92 Å². The molecule has 0 aliphatic heterocycles. The fraction of sp³-hybridized carbons (Fsp3) is 0.625. The first-order chi connectivity index (χ1) is 7.74. The molecule has 0 N–H and O–H groups in total. The smallest absolute Gasteiger partial charge is 0.0557 e. The molecule has 1 atom stereocenters. The molecule has 0 heterocycles. The summed E-state index contributed by atoms with van der Waals surface area (Å²) in [6.07, 6.45) is 2.52. The summed E-state index contributed by atoms with van der Waals surface area (Å²) in [6.45, 7) is 11.5. The van der Waals surface area contributed by atoms with Gasteiger partial charge in [0, 0.05) is 0 Å².